The van der Waals surface area contributed by atoms with Gasteiger partial charge < -0.3 is 10.1 Å². The summed E-state index contributed by atoms with van der Waals surface area (Å²) in [4.78, 5) is 0. The predicted molar refractivity (Wildman–Crippen MR) is 74.1 cm³/mol. The van der Waals surface area contributed by atoms with Gasteiger partial charge in [-0.3, -0.25) is 0 Å². The largest absolute Gasteiger partial charge is 0.381 e. The summed E-state index contributed by atoms with van der Waals surface area (Å²) >= 11 is 3.51. The highest BCUT2D eigenvalue weighted by molar-refractivity contribution is 9.10. The second kappa shape index (κ2) is 6.53. The molecule has 0 aromatic heterocycles. The Morgan fingerprint density at radius 2 is 2.18 bits per heavy atom. The van der Waals surface area contributed by atoms with Gasteiger partial charge in [-0.25, -0.2) is 0 Å². The Morgan fingerprint density at radius 1 is 1.41 bits per heavy atom. The van der Waals surface area contributed by atoms with E-state index in [1.165, 1.54) is 18.4 Å². The minimum absolute atomic E-state index is 0.412. The van der Waals surface area contributed by atoms with E-state index in [1.54, 1.807) is 0 Å². The van der Waals surface area contributed by atoms with E-state index in [1.807, 2.05) is 0 Å². The minimum Gasteiger partial charge on any atom is -0.381 e. The van der Waals surface area contributed by atoms with Gasteiger partial charge in [-0.05, 0) is 49.9 Å². The molecule has 1 aliphatic heterocycles. The third kappa shape index (κ3) is 4.09. The molecule has 0 bridgehead atoms. The fraction of sp³-hybridized carbons (Fsp3) is 0.571. The Balaban J connectivity index is 1.82. The van der Waals surface area contributed by atoms with Crippen molar-refractivity contribution in [3.63, 3.8) is 0 Å². The van der Waals surface area contributed by atoms with E-state index in [4.69, 9.17) is 4.74 Å². The number of rotatable bonds is 4. The van der Waals surface area contributed by atoms with Crippen LogP contribution in [0.3, 0.4) is 0 Å². The Bertz CT molecular complexity index is 350. The van der Waals surface area contributed by atoms with Crippen LogP contribution in [0.25, 0.3) is 0 Å². The molecule has 17 heavy (non-hydrogen) atoms. The number of nitrogens with one attached hydrogen (secondary N) is 1. The Morgan fingerprint density at radius 3 is 2.88 bits per heavy atom. The predicted octanol–water partition coefficient (Wildman–Crippen LogP) is 3.53. The van der Waals surface area contributed by atoms with Crippen molar-refractivity contribution in [3.05, 3.63) is 34.3 Å². The van der Waals surface area contributed by atoms with E-state index in [9.17, 15) is 0 Å². The van der Waals surface area contributed by atoms with Crippen LogP contribution in [0.15, 0.2) is 28.7 Å². The smallest absolute Gasteiger partial charge is 0.0469 e. The summed E-state index contributed by atoms with van der Waals surface area (Å²) in [6.07, 6.45) is 2.39. The highest BCUT2D eigenvalue weighted by atomic mass is 79.9. The Kier molecular flexibility index (Phi) is 5.01. The first-order valence-electron chi connectivity index (χ1n) is 6.32. The fourth-order valence-electron chi connectivity index (χ4n) is 2.19. The maximum atomic E-state index is 5.37. The van der Waals surface area contributed by atoms with Crippen molar-refractivity contribution < 1.29 is 4.74 Å². The zero-order chi connectivity index (χ0) is 12.1. The molecule has 94 valence electrons. The van der Waals surface area contributed by atoms with Gasteiger partial charge in [0.05, 0.1) is 0 Å². The monoisotopic (exact) mass is 297 g/mol. The molecule has 1 saturated heterocycles. The second-order valence-corrected chi connectivity index (χ2v) is 5.66. The van der Waals surface area contributed by atoms with Gasteiger partial charge in [0.25, 0.3) is 0 Å². The highest BCUT2D eigenvalue weighted by Crippen LogP contribution is 2.19. The Hall–Kier alpha value is -0.380. The van der Waals surface area contributed by atoms with Crippen LogP contribution in [-0.2, 0) is 4.74 Å². The second-order valence-electron chi connectivity index (χ2n) is 4.74. The van der Waals surface area contributed by atoms with Gasteiger partial charge >= 0.3 is 0 Å². The maximum absolute atomic E-state index is 5.37. The van der Waals surface area contributed by atoms with E-state index in [2.05, 4.69) is 52.4 Å². The van der Waals surface area contributed by atoms with E-state index in [0.29, 0.717) is 6.04 Å². The molecule has 1 fully saturated rings. The number of hydrogen-bond donors (Lipinski definition) is 1. The number of ether oxygens (including phenoxy) is 1. The molecule has 0 unspecified atom stereocenters. The molecule has 3 heteroatoms. The zero-order valence-corrected chi connectivity index (χ0v) is 11.9. The molecule has 2 nitrogen and oxygen atoms in total. The lowest BCUT2D eigenvalue weighted by Gasteiger charge is -2.24. The van der Waals surface area contributed by atoms with Crippen LogP contribution in [0, 0.1) is 5.92 Å². The van der Waals surface area contributed by atoms with Crippen molar-refractivity contribution in [3.8, 4) is 0 Å². The summed E-state index contributed by atoms with van der Waals surface area (Å²) in [5.41, 5.74) is 1.34. The van der Waals surface area contributed by atoms with Gasteiger partial charge in [-0.2, -0.15) is 0 Å². The van der Waals surface area contributed by atoms with Crippen LogP contribution in [0.1, 0.15) is 31.4 Å². The Labute approximate surface area is 112 Å². The minimum atomic E-state index is 0.412. The molecule has 1 aliphatic rings. The number of benzene rings is 1. The van der Waals surface area contributed by atoms with Crippen LogP contribution in [0.5, 0.6) is 0 Å². The van der Waals surface area contributed by atoms with Crippen LogP contribution in [0.2, 0.25) is 0 Å². The molecule has 0 amide bonds. The van der Waals surface area contributed by atoms with Crippen LogP contribution in [0.4, 0.5) is 0 Å². The summed E-state index contributed by atoms with van der Waals surface area (Å²) in [5.74, 6) is 0.776. The van der Waals surface area contributed by atoms with Gasteiger partial charge in [-0.15, -0.1) is 0 Å². The normalized spacial score (nSPS) is 19.2. The van der Waals surface area contributed by atoms with Crippen molar-refractivity contribution >= 4 is 15.9 Å². The van der Waals surface area contributed by atoms with E-state index >= 15 is 0 Å². The maximum Gasteiger partial charge on any atom is 0.0469 e. The average molecular weight is 298 g/mol. The molecule has 1 aromatic rings. The number of halogens is 1. The van der Waals surface area contributed by atoms with Crippen molar-refractivity contribution in [1.29, 1.82) is 0 Å². The highest BCUT2D eigenvalue weighted by Gasteiger charge is 2.14. The first-order chi connectivity index (χ1) is 8.25. The molecule has 0 saturated carbocycles. The summed E-state index contributed by atoms with van der Waals surface area (Å²) < 4.78 is 6.52. The van der Waals surface area contributed by atoms with Crippen molar-refractivity contribution in [2.75, 3.05) is 19.8 Å². The first-order valence-corrected chi connectivity index (χ1v) is 7.11. The third-order valence-electron chi connectivity index (χ3n) is 3.40. The molecule has 2 rings (SSSR count). The van der Waals surface area contributed by atoms with E-state index in [-0.39, 0.29) is 0 Å². The lowest BCUT2D eigenvalue weighted by Crippen LogP contribution is -2.29. The van der Waals surface area contributed by atoms with Crippen molar-refractivity contribution in [2.24, 2.45) is 5.92 Å². The van der Waals surface area contributed by atoms with Crippen LogP contribution < -0.4 is 5.32 Å². The van der Waals surface area contributed by atoms with Crippen molar-refractivity contribution in [2.45, 2.75) is 25.8 Å². The molecule has 0 spiro atoms. The SMILES string of the molecule is C[C@@H](NCC1CCOCC1)c1cccc(Br)c1. The third-order valence-corrected chi connectivity index (χ3v) is 3.90. The lowest BCUT2D eigenvalue weighted by atomic mass is 9.99. The summed E-state index contributed by atoms with van der Waals surface area (Å²) in [5, 5.41) is 3.62. The van der Waals surface area contributed by atoms with Gasteiger partial charge in [0.1, 0.15) is 0 Å². The number of hydrogen-bond acceptors (Lipinski definition) is 2. The molecule has 0 radical (unpaired) electrons. The van der Waals surface area contributed by atoms with E-state index < -0.39 is 0 Å². The van der Waals surface area contributed by atoms with Crippen LogP contribution in [-0.4, -0.2) is 19.8 Å². The molecule has 1 aromatic carbocycles. The molecule has 1 atom stereocenters. The zero-order valence-electron chi connectivity index (χ0n) is 10.3. The topological polar surface area (TPSA) is 21.3 Å². The molecule has 1 N–H and O–H groups in total. The standard InChI is InChI=1S/C14H20BrNO/c1-11(13-3-2-4-14(15)9-13)16-10-12-5-7-17-8-6-12/h2-4,9,11-12,16H,5-8,10H2,1H3/t11-/m1/s1. The van der Waals surface area contributed by atoms with Crippen LogP contribution >= 0.6 is 15.9 Å². The summed E-state index contributed by atoms with van der Waals surface area (Å²) in [6.45, 7) is 5.17. The molecular formula is C14H20BrNO. The molecular weight excluding hydrogens is 278 g/mol. The van der Waals surface area contributed by atoms with Gasteiger partial charge in [-0.1, -0.05) is 28.1 Å². The summed E-state index contributed by atoms with van der Waals surface area (Å²) in [7, 11) is 0. The quantitative estimate of drug-likeness (QED) is 0.918. The van der Waals surface area contributed by atoms with Gasteiger partial charge in [0, 0.05) is 23.7 Å². The lowest BCUT2D eigenvalue weighted by molar-refractivity contribution is 0.0656. The first kappa shape index (κ1) is 13.1. The van der Waals surface area contributed by atoms with E-state index in [0.717, 1.165) is 30.1 Å². The molecule has 0 aliphatic carbocycles. The average Bonchev–Trinajstić information content (AvgIpc) is 2.37. The van der Waals surface area contributed by atoms with Gasteiger partial charge in [0.2, 0.25) is 0 Å². The summed E-state index contributed by atoms with van der Waals surface area (Å²) in [6, 6.07) is 8.92. The molecule has 1 heterocycles. The fourth-order valence-corrected chi connectivity index (χ4v) is 2.60. The van der Waals surface area contributed by atoms with Gasteiger partial charge in [0.15, 0.2) is 0 Å². The van der Waals surface area contributed by atoms with Crippen molar-refractivity contribution in [1.82, 2.24) is 5.32 Å².